The second-order valence-corrected chi connectivity index (χ2v) is 3.96. The number of aromatic carboxylic acids is 1. The molecule has 0 saturated heterocycles. The Morgan fingerprint density at radius 1 is 1.42 bits per heavy atom. The lowest BCUT2D eigenvalue weighted by atomic mass is 10.1. The van der Waals surface area contributed by atoms with Gasteiger partial charge in [-0.05, 0) is 24.6 Å². The van der Waals surface area contributed by atoms with Gasteiger partial charge in [-0.25, -0.2) is 9.18 Å². The first kappa shape index (κ1) is 17.2. The lowest BCUT2D eigenvalue weighted by Gasteiger charge is -1.99. The van der Waals surface area contributed by atoms with Gasteiger partial charge in [0.25, 0.3) is 0 Å². The smallest absolute Gasteiger partial charge is 0.338 e. The van der Waals surface area contributed by atoms with Crippen molar-refractivity contribution in [3.8, 4) is 11.8 Å². The van der Waals surface area contributed by atoms with Crippen LogP contribution in [0.2, 0.25) is 0 Å². The molecule has 1 atom stereocenters. The van der Waals surface area contributed by atoms with Crippen molar-refractivity contribution in [1.29, 1.82) is 0 Å². The summed E-state index contributed by atoms with van der Waals surface area (Å²) < 4.78 is 13.3. The number of carbonyl (C=O) groups is 1. The van der Waals surface area contributed by atoms with Gasteiger partial charge in [0.15, 0.2) is 0 Å². The molecular formula is C16H21FO2. The Morgan fingerprint density at radius 2 is 2.05 bits per heavy atom. The monoisotopic (exact) mass is 264 g/mol. The summed E-state index contributed by atoms with van der Waals surface area (Å²) in [6.07, 6.45) is 2.06. The van der Waals surface area contributed by atoms with Crippen LogP contribution in [0.3, 0.4) is 0 Å². The van der Waals surface area contributed by atoms with Crippen molar-refractivity contribution in [1.82, 2.24) is 0 Å². The highest BCUT2D eigenvalue weighted by atomic mass is 19.1. The first-order chi connectivity index (χ1) is 9.04. The quantitative estimate of drug-likeness (QED) is 0.825. The van der Waals surface area contributed by atoms with Crippen LogP contribution < -0.4 is 0 Å². The molecule has 3 heteroatoms. The zero-order valence-corrected chi connectivity index (χ0v) is 12.0. The minimum Gasteiger partial charge on any atom is -0.478 e. The molecule has 0 bridgehead atoms. The van der Waals surface area contributed by atoms with Gasteiger partial charge in [0.05, 0.1) is 5.56 Å². The summed E-state index contributed by atoms with van der Waals surface area (Å²) in [5.41, 5.74) is 0.188. The lowest BCUT2D eigenvalue weighted by molar-refractivity contribution is 0.0692. The molecule has 0 aliphatic rings. The average Bonchev–Trinajstić information content (AvgIpc) is 2.39. The van der Waals surface area contributed by atoms with Crippen LogP contribution in [-0.2, 0) is 0 Å². The van der Waals surface area contributed by atoms with Crippen LogP contribution in [0, 0.1) is 23.6 Å². The van der Waals surface area contributed by atoms with E-state index in [1.807, 2.05) is 20.8 Å². The van der Waals surface area contributed by atoms with Crippen molar-refractivity contribution in [2.45, 2.75) is 40.5 Å². The van der Waals surface area contributed by atoms with Crippen LogP contribution in [0.15, 0.2) is 18.2 Å². The summed E-state index contributed by atoms with van der Waals surface area (Å²) in [6, 6.07) is 3.93. The van der Waals surface area contributed by atoms with Gasteiger partial charge in [0.1, 0.15) is 5.82 Å². The molecule has 0 aromatic heterocycles. The van der Waals surface area contributed by atoms with Crippen molar-refractivity contribution in [3.05, 3.63) is 35.1 Å². The third-order valence-electron chi connectivity index (χ3n) is 2.38. The summed E-state index contributed by atoms with van der Waals surface area (Å²) in [5.74, 6) is 4.13. The van der Waals surface area contributed by atoms with Gasteiger partial charge in [-0.2, -0.15) is 0 Å². The Kier molecular flexibility index (Phi) is 8.28. The van der Waals surface area contributed by atoms with E-state index in [0.29, 0.717) is 5.56 Å². The van der Waals surface area contributed by atoms with Crippen molar-refractivity contribution >= 4 is 5.97 Å². The van der Waals surface area contributed by atoms with Crippen LogP contribution in [0.25, 0.3) is 0 Å². The molecule has 0 radical (unpaired) electrons. The van der Waals surface area contributed by atoms with Crippen LogP contribution in [0.1, 0.15) is 56.5 Å². The van der Waals surface area contributed by atoms with E-state index in [0.717, 1.165) is 18.9 Å². The normalized spacial score (nSPS) is 10.6. The molecule has 19 heavy (non-hydrogen) atoms. The van der Waals surface area contributed by atoms with Crippen molar-refractivity contribution in [2.24, 2.45) is 5.92 Å². The largest absolute Gasteiger partial charge is 0.478 e. The molecule has 0 aliphatic carbocycles. The van der Waals surface area contributed by atoms with E-state index in [1.54, 1.807) is 0 Å². The predicted octanol–water partition coefficient (Wildman–Crippen LogP) is 4.34. The average molecular weight is 264 g/mol. The maximum absolute atomic E-state index is 13.3. The Labute approximate surface area is 114 Å². The van der Waals surface area contributed by atoms with Gasteiger partial charge >= 0.3 is 5.97 Å². The Balaban J connectivity index is 0.00000154. The SMILES string of the molecule is CC.CCCC(C)C#Cc1ccc(C(=O)O)c(F)c1. The predicted molar refractivity (Wildman–Crippen MR) is 75.7 cm³/mol. The van der Waals surface area contributed by atoms with E-state index < -0.39 is 11.8 Å². The van der Waals surface area contributed by atoms with Crippen LogP contribution in [0.4, 0.5) is 4.39 Å². The summed E-state index contributed by atoms with van der Waals surface area (Å²) >= 11 is 0. The number of hydrogen-bond donors (Lipinski definition) is 1. The topological polar surface area (TPSA) is 37.3 Å². The number of rotatable bonds is 3. The van der Waals surface area contributed by atoms with Crippen molar-refractivity contribution in [2.75, 3.05) is 0 Å². The summed E-state index contributed by atoms with van der Waals surface area (Å²) in [7, 11) is 0. The molecule has 0 heterocycles. The molecule has 0 amide bonds. The van der Waals surface area contributed by atoms with Gasteiger partial charge in [0, 0.05) is 11.5 Å². The van der Waals surface area contributed by atoms with Crippen LogP contribution in [-0.4, -0.2) is 11.1 Å². The fraction of sp³-hybridized carbons (Fsp3) is 0.438. The molecule has 0 spiro atoms. The van der Waals surface area contributed by atoms with E-state index >= 15 is 0 Å². The maximum atomic E-state index is 13.3. The molecule has 1 aromatic carbocycles. The van der Waals surface area contributed by atoms with Gasteiger partial charge in [-0.3, -0.25) is 0 Å². The fourth-order valence-electron chi connectivity index (χ4n) is 1.48. The second-order valence-electron chi connectivity index (χ2n) is 3.96. The highest BCUT2D eigenvalue weighted by Gasteiger charge is 2.09. The molecule has 104 valence electrons. The minimum absolute atomic E-state index is 0.266. The van der Waals surface area contributed by atoms with Crippen LogP contribution >= 0.6 is 0 Å². The Hall–Kier alpha value is -1.82. The Morgan fingerprint density at radius 3 is 2.53 bits per heavy atom. The van der Waals surface area contributed by atoms with Gasteiger partial charge in [-0.15, -0.1) is 0 Å². The fourth-order valence-corrected chi connectivity index (χ4v) is 1.48. The van der Waals surface area contributed by atoms with Crippen LogP contribution in [0.5, 0.6) is 0 Å². The Bertz CT molecular complexity index is 469. The zero-order chi connectivity index (χ0) is 14.8. The van der Waals surface area contributed by atoms with Gasteiger partial charge < -0.3 is 5.11 Å². The molecule has 0 fully saturated rings. The highest BCUT2D eigenvalue weighted by molar-refractivity contribution is 5.88. The molecule has 2 nitrogen and oxygen atoms in total. The number of hydrogen-bond acceptors (Lipinski definition) is 1. The van der Waals surface area contributed by atoms with Crippen molar-refractivity contribution < 1.29 is 14.3 Å². The van der Waals surface area contributed by atoms with E-state index in [4.69, 9.17) is 5.11 Å². The molecule has 1 N–H and O–H groups in total. The third-order valence-corrected chi connectivity index (χ3v) is 2.38. The second kappa shape index (κ2) is 9.16. The maximum Gasteiger partial charge on any atom is 0.338 e. The van der Waals surface area contributed by atoms with E-state index in [2.05, 4.69) is 18.8 Å². The summed E-state index contributed by atoms with van der Waals surface area (Å²) in [5, 5.41) is 8.67. The summed E-state index contributed by atoms with van der Waals surface area (Å²) in [4.78, 5) is 10.6. The number of benzene rings is 1. The van der Waals surface area contributed by atoms with Gasteiger partial charge in [-0.1, -0.05) is 46.0 Å². The first-order valence-corrected chi connectivity index (χ1v) is 6.59. The van der Waals surface area contributed by atoms with Crippen molar-refractivity contribution in [3.63, 3.8) is 0 Å². The molecule has 1 unspecified atom stereocenters. The molecule has 0 saturated carbocycles. The standard InChI is InChI=1S/C14H15FO2.C2H6/c1-3-4-10(2)5-6-11-7-8-12(14(16)17)13(15)9-11;1-2/h7-10H,3-4H2,1-2H3,(H,16,17);1-2H3. The van der Waals surface area contributed by atoms with E-state index in [1.165, 1.54) is 12.1 Å². The number of halogens is 1. The molecule has 0 aliphatic heterocycles. The minimum atomic E-state index is -1.26. The van der Waals surface area contributed by atoms with E-state index in [9.17, 15) is 9.18 Å². The number of carboxylic acid groups (broad SMARTS) is 1. The molecular weight excluding hydrogens is 243 g/mol. The van der Waals surface area contributed by atoms with E-state index in [-0.39, 0.29) is 11.5 Å². The lowest BCUT2D eigenvalue weighted by Crippen LogP contribution is -2.00. The number of carboxylic acids is 1. The zero-order valence-electron chi connectivity index (χ0n) is 12.0. The van der Waals surface area contributed by atoms with Gasteiger partial charge in [0.2, 0.25) is 0 Å². The molecule has 1 rings (SSSR count). The molecule has 1 aromatic rings. The summed E-state index contributed by atoms with van der Waals surface area (Å²) in [6.45, 7) is 8.10. The highest BCUT2D eigenvalue weighted by Crippen LogP contribution is 2.10. The third kappa shape index (κ3) is 6.05. The first-order valence-electron chi connectivity index (χ1n) is 6.59.